The van der Waals surface area contributed by atoms with E-state index in [1.807, 2.05) is 20.2 Å². The summed E-state index contributed by atoms with van der Waals surface area (Å²) >= 11 is 0. The Kier molecular flexibility index (Phi) is 38.2. The van der Waals surface area contributed by atoms with Gasteiger partial charge in [0, 0.05) is 25.5 Å². The quantitative estimate of drug-likeness (QED) is 0.0369. The summed E-state index contributed by atoms with van der Waals surface area (Å²) in [7, 11) is 4.09. The highest BCUT2D eigenvalue weighted by atomic mass is 16.5. The number of rotatable bonds is 41. The first-order chi connectivity index (χ1) is 29.4. The molecule has 0 bridgehead atoms. The minimum absolute atomic E-state index is 0.0933. The molecule has 0 saturated heterocycles. The number of esters is 2. The Morgan fingerprint density at radius 3 is 1.32 bits per heavy atom. The first kappa shape index (κ1) is 54.4. The van der Waals surface area contributed by atoms with Crippen LogP contribution in [0.5, 0.6) is 11.5 Å². The number of ether oxygens (including phenoxy) is 4. The van der Waals surface area contributed by atoms with Gasteiger partial charge in [0.15, 0.2) is 0 Å². The van der Waals surface area contributed by atoms with Crippen molar-refractivity contribution in [3.63, 3.8) is 0 Å². The Hall–Kier alpha value is -3.58. The second-order valence-electron chi connectivity index (χ2n) is 16.2. The third kappa shape index (κ3) is 37.4. The normalized spacial score (nSPS) is 12.0. The summed E-state index contributed by atoms with van der Waals surface area (Å²) < 4.78 is 23.1. The zero-order chi connectivity index (χ0) is 43.4. The molecule has 7 heteroatoms. The van der Waals surface area contributed by atoms with Crippen molar-refractivity contribution in [3.8, 4) is 11.5 Å². The molecule has 0 heterocycles. The van der Waals surface area contributed by atoms with Crippen molar-refractivity contribution in [3.05, 3.63) is 84.5 Å². The Labute approximate surface area is 368 Å². The molecule has 0 aliphatic rings. The molecule has 0 amide bonds. The van der Waals surface area contributed by atoms with Crippen LogP contribution in [0.15, 0.2) is 79.0 Å². The summed E-state index contributed by atoms with van der Waals surface area (Å²) in [6.45, 7) is 7.14. The van der Waals surface area contributed by atoms with Gasteiger partial charge in [-0.1, -0.05) is 126 Å². The van der Waals surface area contributed by atoms with E-state index in [0.29, 0.717) is 39.3 Å². The Bertz CT molecular complexity index is 1310. The number of carbonyl (C=O) groups is 2. The van der Waals surface area contributed by atoms with Gasteiger partial charge in [-0.2, -0.15) is 0 Å². The van der Waals surface area contributed by atoms with E-state index in [-0.39, 0.29) is 11.9 Å². The van der Waals surface area contributed by atoms with Crippen LogP contribution in [0.25, 0.3) is 0 Å². The van der Waals surface area contributed by atoms with Crippen LogP contribution in [0.4, 0.5) is 0 Å². The van der Waals surface area contributed by atoms with Gasteiger partial charge in [0.25, 0.3) is 0 Å². The molecule has 0 aliphatic carbocycles. The number of allylic oxidation sites excluding steroid dienone is 10. The minimum atomic E-state index is -0.0964. The van der Waals surface area contributed by atoms with Crippen LogP contribution in [0.2, 0.25) is 0 Å². The van der Waals surface area contributed by atoms with E-state index in [1.54, 1.807) is 0 Å². The van der Waals surface area contributed by atoms with Crippen LogP contribution >= 0.6 is 0 Å². The van der Waals surface area contributed by atoms with E-state index in [9.17, 15) is 9.59 Å². The van der Waals surface area contributed by atoms with E-state index >= 15 is 0 Å². The fourth-order valence-corrected chi connectivity index (χ4v) is 6.53. The van der Waals surface area contributed by atoms with Crippen molar-refractivity contribution in [1.82, 2.24) is 4.90 Å². The van der Waals surface area contributed by atoms with Gasteiger partial charge < -0.3 is 23.8 Å². The van der Waals surface area contributed by atoms with Gasteiger partial charge in [-0.05, 0) is 135 Å². The van der Waals surface area contributed by atoms with Gasteiger partial charge in [-0.25, -0.2) is 0 Å². The monoisotopic (exact) mass is 834 g/mol. The zero-order valence-electron chi connectivity index (χ0n) is 38.8. The van der Waals surface area contributed by atoms with E-state index < -0.39 is 0 Å². The molecule has 7 nitrogen and oxygen atoms in total. The van der Waals surface area contributed by atoms with Crippen molar-refractivity contribution in [1.29, 1.82) is 0 Å². The molecule has 0 aliphatic heterocycles. The topological polar surface area (TPSA) is 74.3 Å². The van der Waals surface area contributed by atoms with Crippen LogP contribution in [0.1, 0.15) is 186 Å². The SMILES string of the molecule is CC/C=C\C/C=C\C/C=C\CCCCCCCC(=O)OCCCCOc1cc(CN(C)C)cc(OCCCCOC(=O)CCCCCCC/C=C\C/C=C\CCCCC)c1. The predicted octanol–water partition coefficient (Wildman–Crippen LogP) is 14.6. The zero-order valence-corrected chi connectivity index (χ0v) is 38.8. The molecule has 1 aromatic rings. The molecule has 0 aromatic heterocycles. The fraction of sp³-hybridized carbons (Fsp3) is 0.660. The van der Waals surface area contributed by atoms with Gasteiger partial charge in [0.05, 0.1) is 26.4 Å². The molecule has 0 radical (unpaired) electrons. The molecule has 1 rings (SSSR count). The summed E-state index contributed by atoms with van der Waals surface area (Å²) in [6.07, 6.45) is 49.5. The second kappa shape index (κ2) is 42.1. The van der Waals surface area contributed by atoms with Crippen LogP contribution in [0, 0.1) is 0 Å². The summed E-state index contributed by atoms with van der Waals surface area (Å²) in [5.74, 6) is 1.37. The van der Waals surface area contributed by atoms with Gasteiger partial charge in [-0.15, -0.1) is 0 Å². The van der Waals surface area contributed by atoms with Gasteiger partial charge >= 0.3 is 11.9 Å². The van der Waals surface area contributed by atoms with Crippen LogP contribution in [0.3, 0.4) is 0 Å². The van der Waals surface area contributed by atoms with Crippen molar-refractivity contribution < 1.29 is 28.5 Å². The lowest BCUT2D eigenvalue weighted by Gasteiger charge is -2.15. The highest BCUT2D eigenvalue weighted by Gasteiger charge is 2.07. The van der Waals surface area contributed by atoms with Gasteiger partial charge in [-0.3, -0.25) is 9.59 Å². The van der Waals surface area contributed by atoms with Crippen molar-refractivity contribution in [2.24, 2.45) is 0 Å². The maximum absolute atomic E-state index is 12.2. The summed E-state index contributed by atoms with van der Waals surface area (Å²) in [5.41, 5.74) is 1.12. The molecule has 60 heavy (non-hydrogen) atoms. The van der Waals surface area contributed by atoms with E-state index in [2.05, 4.69) is 91.6 Å². The van der Waals surface area contributed by atoms with Gasteiger partial charge in [0.1, 0.15) is 11.5 Å². The first-order valence-corrected chi connectivity index (χ1v) is 24.0. The summed E-state index contributed by atoms with van der Waals surface area (Å²) in [6, 6.07) is 6.06. The van der Waals surface area contributed by atoms with E-state index in [4.69, 9.17) is 18.9 Å². The lowest BCUT2D eigenvalue weighted by Crippen LogP contribution is -2.11. The average Bonchev–Trinajstić information content (AvgIpc) is 3.23. The molecule has 0 atom stereocenters. The second-order valence-corrected chi connectivity index (χ2v) is 16.2. The molecule has 0 unspecified atom stereocenters. The third-order valence-electron chi connectivity index (χ3n) is 9.94. The molecule has 0 saturated carbocycles. The molecule has 340 valence electrons. The summed E-state index contributed by atoms with van der Waals surface area (Å²) in [4.78, 5) is 26.5. The maximum atomic E-state index is 12.2. The summed E-state index contributed by atoms with van der Waals surface area (Å²) in [5, 5.41) is 0. The predicted molar refractivity (Wildman–Crippen MR) is 254 cm³/mol. The molecule has 0 spiro atoms. The van der Waals surface area contributed by atoms with Crippen molar-refractivity contribution in [2.45, 2.75) is 187 Å². The molecule has 0 N–H and O–H groups in total. The van der Waals surface area contributed by atoms with Crippen molar-refractivity contribution in [2.75, 3.05) is 40.5 Å². The molecule has 0 fully saturated rings. The largest absolute Gasteiger partial charge is 0.493 e. The van der Waals surface area contributed by atoms with Crippen molar-refractivity contribution >= 4 is 11.9 Å². The Morgan fingerprint density at radius 2 is 0.867 bits per heavy atom. The molecular formula is C53H87NO6. The number of hydrogen-bond donors (Lipinski definition) is 0. The van der Waals surface area contributed by atoms with Crippen LogP contribution < -0.4 is 9.47 Å². The maximum Gasteiger partial charge on any atom is 0.305 e. The highest BCUT2D eigenvalue weighted by Crippen LogP contribution is 2.24. The number of unbranched alkanes of at least 4 members (excludes halogenated alkanes) is 15. The Balaban J connectivity index is 2.10. The molecular weight excluding hydrogens is 747 g/mol. The number of hydrogen-bond acceptors (Lipinski definition) is 7. The van der Waals surface area contributed by atoms with E-state index in [0.717, 1.165) is 113 Å². The third-order valence-corrected chi connectivity index (χ3v) is 9.94. The lowest BCUT2D eigenvalue weighted by molar-refractivity contribution is -0.144. The number of carbonyl (C=O) groups excluding carboxylic acids is 2. The van der Waals surface area contributed by atoms with Crippen LogP contribution in [-0.4, -0.2) is 57.4 Å². The number of nitrogens with zero attached hydrogens (tertiary/aromatic N) is 1. The number of benzene rings is 1. The molecule has 1 aromatic carbocycles. The van der Waals surface area contributed by atoms with Gasteiger partial charge in [0.2, 0.25) is 0 Å². The Morgan fingerprint density at radius 1 is 0.467 bits per heavy atom. The highest BCUT2D eigenvalue weighted by molar-refractivity contribution is 5.69. The lowest BCUT2D eigenvalue weighted by atomic mass is 10.1. The van der Waals surface area contributed by atoms with Crippen LogP contribution in [-0.2, 0) is 25.6 Å². The standard InChI is InChI=1S/C53H87NO6/c1-5-7-9-11-13-15-17-19-21-23-25-27-29-31-33-39-52(55)59-43-37-35-41-57-50-45-49(48-54(3)4)46-51(47-50)58-42-36-38-44-60-53(56)40-34-32-30-28-26-24-22-20-18-16-14-12-10-8-6-2/h7,9,13-16,19-22,45-47H,5-6,8,10-12,17-18,23-44,48H2,1-4H3/b9-7-,15-13-,16-14-,21-19-,22-20-. The fourth-order valence-electron chi connectivity index (χ4n) is 6.53. The van der Waals surface area contributed by atoms with E-state index in [1.165, 1.54) is 64.2 Å². The first-order valence-electron chi connectivity index (χ1n) is 24.0. The average molecular weight is 834 g/mol. The smallest absolute Gasteiger partial charge is 0.305 e. The minimum Gasteiger partial charge on any atom is -0.493 e.